The summed E-state index contributed by atoms with van der Waals surface area (Å²) in [7, 11) is 1.74. The Balaban J connectivity index is 1.27. The van der Waals surface area contributed by atoms with E-state index in [1.165, 1.54) is 55.8 Å². The van der Waals surface area contributed by atoms with E-state index in [9.17, 15) is 9.90 Å². The second-order valence-corrected chi connectivity index (χ2v) is 14.2. The third-order valence-electron chi connectivity index (χ3n) is 11.2. The van der Waals surface area contributed by atoms with Crippen molar-refractivity contribution in [2.75, 3.05) is 25.1 Å². The van der Waals surface area contributed by atoms with Crippen LogP contribution in [0, 0.1) is 0 Å². The van der Waals surface area contributed by atoms with Crippen molar-refractivity contribution in [1.82, 2.24) is 0 Å². The molecule has 0 amide bonds. The number of fused-ring (bicyclic) bond motifs is 10. The lowest BCUT2D eigenvalue weighted by Crippen LogP contribution is -2.47. The fourth-order valence-corrected chi connectivity index (χ4v) is 9.30. The Hall–Kier alpha value is -3.90. The number of carbonyl (C=O) groups is 1. The summed E-state index contributed by atoms with van der Waals surface area (Å²) in [6.45, 7) is 9.08. The molecule has 0 radical (unpaired) electrons. The van der Waals surface area contributed by atoms with Crippen LogP contribution in [0.25, 0.3) is 10.8 Å². The summed E-state index contributed by atoms with van der Waals surface area (Å²) in [6.07, 6.45) is 8.42. The number of hydrogen-bond donors (Lipinski definition) is 1. The Labute approximate surface area is 265 Å². The van der Waals surface area contributed by atoms with Crippen LogP contribution >= 0.6 is 0 Å². The topological polar surface area (TPSA) is 62.0 Å². The molecule has 0 bridgehead atoms. The van der Waals surface area contributed by atoms with Crippen molar-refractivity contribution >= 4 is 33.8 Å². The van der Waals surface area contributed by atoms with Crippen LogP contribution in [0.1, 0.15) is 76.8 Å². The third kappa shape index (κ3) is 4.17. The van der Waals surface area contributed by atoms with Crippen molar-refractivity contribution < 1.29 is 24.0 Å². The number of allylic oxidation sites excluding steroid dienone is 1. The zero-order valence-electron chi connectivity index (χ0n) is 26.9. The molecule has 0 saturated carbocycles. The summed E-state index contributed by atoms with van der Waals surface area (Å²) in [5, 5.41) is 11.8. The first kappa shape index (κ1) is 28.6. The van der Waals surface area contributed by atoms with E-state index in [1.54, 1.807) is 7.11 Å². The maximum absolute atomic E-state index is 11.2. The highest BCUT2D eigenvalue weighted by Crippen LogP contribution is 2.57. The molecule has 0 saturated heterocycles. The van der Waals surface area contributed by atoms with Gasteiger partial charge < -0.3 is 19.5 Å². The van der Waals surface area contributed by atoms with Crippen molar-refractivity contribution in [3.8, 4) is 5.75 Å². The standard InChI is InChI=1S/C39H42N2O4/c1-38(2)35-26-11-8-7-10-24(26)13-15-31(35)41-21-18-32-27(36(38)41)23-28-33(45-32)17-20-40-30-16-14-25(44-4)22-29(30)39(3,37(28)40)19-9-5-6-12-34(42)43/h7-8,10-11,13-16,22-23,32-33H,5-6,9,12,17-21H2,1-4H3/p+1. The molecule has 0 fully saturated rings. The van der Waals surface area contributed by atoms with Gasteiger partial charge in [-0.2, -0.15) is 4.58 Å². The van der Waals surface area contributed by atoms with Gasteiger partial charge in [-0.1, -0.05) is 37.1 Å². The Bertz CT molecular complexity index is 1850. The smallest absolute Gasteiger partial charge is 0.303 e. The molecule has 0 spiro atoms. The minimum atomic E-state index is -0.715. The van der Waals surface area contributed by atoms with E-state index < -0.39 is 5.97 Å². The summed E-state index contributed by atoms with van der Waals surface area (Å²) in [4.78, 5) is 13.7. The van der Waals surface area contributed by atoms with Gasteiger partial charge in [-0.15, -0.1) is 0 Å². The Morgan fingerprint density at radius 2 is 1.89 bits per heavy atom. The number of anilines is 1. The highest BCUT2D eigenvalue weighted by atomic mass is 16.5. The van der Waals surface area contributed by atoms with Gasteiger partial charge in [0, 0.05) is 59.0 Å². The quantitative estimate of drug-likeness (QED) is 0.221. The van der Waals surface area contributed by atoms with Gasteiger partial charge in [0.1, 0.15) is 5.75 Å². The predicted molar refractivity (Wildman–Crippen MR) is 178 cm³/mol. The van der Waals surface area contributed by atoms with Crippen molar-refractivity contribution in [2.24, 2.45) is 0 Å². The van der Waals surface area contributed by atoms with Crippen molar-refractivity contribution in [1.29, 1.82) is 0 Å². The normalized spacial score (nSPS) is 25.7. The molecule has 8 rings (SSSR count). The largest absolute Gasteiger partial charge is 0.497 e. The van der Waals surface area contributed by atoms with Crippen LogP contribution in [0.5, 0.6) is 5.75 Å². The highest BCUT2D eigenvalue weighted by Gasteiger charge is 2.55. The van der Waals surface area contributed by atoms with Crippen LogP contribution in [0.4, 0.5) is 11.4 Å². The van der Waals surface area contributed by atoms with Gasteiger partial charge in [-0.25, -0.2) is 0 Å². The van der Waals surface area contributed by atoms with Crippen LogP contribution in [-0.2, 0) is 20.4 Å². The fraction of sp³-hybridized carbons (Fsp3) is 0.436. The Morgan fingerprint density at radius 3 is 2.71 bits per heavy atom. The van der Waals surface area contributed by atoms with E-state index in [1.807, 2.05) is 0 Å². The van der Waals surface area contributed by atoms with E-state index in [0.717, 1.165) is 50.9 Å². The van der Waals surface area contributed by atoms with E-state index in [2.05, 4.69) is 90.9 Å². The van der Waals surface area contributed by atoms with Crippen molar-refractivity contribution in [2.45, 2.75) is 88.8 Å². The minimum Gasteiger partial charge on any atom is -0.497 e. The molecule has 5 aliphatic rings. The number of rotatable bonds is 7. The molecule has 0 aliphatic carbocycles. The summed E-state index contributed by atoms with van der Waals surface area (Å²) < 4.78 is 15.4. The molecule has 3 atom stereocenters. The number of carboxylic acid groups (broad SMARTS) is 1. The molecule has 3 aromatic carbocycles. The first-order valence-electron chi connectivity index (χ1n) is 16.7. The molecule has 1 N–H and O–H groups in total. The van der Waals surface area contributed by atoms with Gasteiger partial charge in [0.2, 0.25) is 5.69 Å². The lowest BCUT2D eigenvalue weighted by Gasteiger charge is -2.43. The molecule has 3 unspecified atom stereocenters. The number of nitrogens with zero attached hydrogens (tertiary/aromatic N) is 2. The van der Waals surface area contributed by atoms with Gasteiger partial charge in [-0.05, 0) is 86.7 Å². The summed E-state index contributed by atoms with van der Waals surface area (Å²) >= 11 is 0. The average molecular weight is 604 g/mol. The SMILES string of the molecule is COc1ccc2c(c1)C(C)(CCCCCC(=O)O)C1=C3C=C4C5=[N+](CCC4OC3CCN12)c1ccc2ccccc2c1C5(C)C. The maximum atomic E-state index is 11.2. The zero-order valence-corrected chi connectivity index (χ0v) is 26.9. The Kier molecular flexibility index (Phi) is 6.55. The second-order valence-electron chi connectivity index (χ2n) is 14.2. The number of unbranched alkanes of at least 4 members (excludes halogenated alkanes) is 2. The van der Waals surface area contributed by atoms with Crippen molar-refractivity contribution in [3.05, 3.63) is 88.6 Å². The number of carboxylic acids is 1. The molecule has 6 heteroatoms. The fourth-order valence-electron chi connectivity index (χ4n) is 9.30. The van der Waals surface area contributed by atoms with Crippen LogP contribution in [-0.4, -0.2) is 53.8 Å². The molecule has 6 nitrogen and oxygen atoms in total. The third-order valence-corrected chi connectivity index (χ3v) is 11.2. The average Bonchev–Trinajstić information content (AvgIpc) is 3.44. The first-order chi connectivity index (χ1) is 21.7. The Morgan fingerprint density at radius 1 is 1.04 bits per heavy atom. The van der Waals surface area contributed by atoms with E-state index in [4.69, 9.17) is 9.47 Å². The number of ether oxygens (including phenoxy) is 2. The minimum absolute atomic E-state index is 0.0763. The molecule has 5 heterocycles. The van der Waals surface area contributed by atoms with Crippen LogP contribution in [0.3, 0.4) is 0 Å². The lowest BCUT2D eigenvalue weighted by molar-refractivity contribution is -0.445. The first-order valence-corrected chi connectivity index (χ1v) is 16.7. The second kappa shape index (κ2) is 10.3. The highest BCUT2D eigenvalue weighted by molar-refractivity contribution is 6.11. The summed E-state index contributed by atoms with van der Waals surface area (Å²) in [5.41, 5.74) is 10.4. The number of benzene rings is 3. The number of aliphatic carboxylic acids is 1. The summed E-state index contributed by atoms with van der Waals surface area (Å²) in [5.74, 6) is 0.162. The molecule has 0 aromatic heterocycles. The number of methoxy groups -OCH3 is 1. The summed E-state index contributed by atoms with van der Waals surface area (Å²) in [6, 6.07) is 19.9. The molecule has 45 heavy (non-hydrogen) atoms. The van der Waals surface area contributed by atoms with Crippen LogP contribution in [0.15, 0.2) is 77.5 Å². The van der Waals surface area contributed by atoms with Crippen molar-refractivity contribution in [3.63, 3.8) is 0 Å². The number of hydrogen-bond acceptors (Lipinski definition) is 4. The molecule has 232 valence electrons. The predicted octanol–water partition coefficient (Wildman–Crippen LogP) is 7.79. The molecular formula is C39H43N2O4+. The van der Waals surface area contributed by atoms with Gasteiger partial charge in [-0.3, -0.25) is 4.79 Å². The maximum Gasteiger partial charge on any atom is 0.303 e. The van der Waals surface area contributed by atoms with Gasteiger partial charge in [0.05, 0.1) is 24.7 Å². The molecule has 5 aliphatic heterocycles. The van der Waals surface area contributed by atoms with Crippen LogP contribution < -0.4 is 9.64 Å². The zero-order chi connectivity index (χ0) is 31.1. The van der Waals surface area contributed by atoms with Crippen LogP contribution in [0.2, 0.25) is 0 Å². The van der Waals surface area contributed by atoms with Gasteiger partial charge in [0.15, 0.2) is 12.3 Å². The van der Waals surface area contributed by atoms with E-state index in [0.29, 0.717) is 6.42 Å². The van der Waals surface area contributed by atoms with E-state index in [-0.39, 0.29) is 29.5 Å². The van der Waals surface area contributed by atoms with Gasteiger partial charge >= 0.3 is 5.97 Å². The lowest BCUT2D eigenvalue weighted by atomic mass is 9.71. The van der Waals surface area contributed by atoms with E-state index >= 15 is 0 Å². The van der Waals surface area contributed by atoms with Gasteiger partial charge in [0.25, 0.3) is 0 Å². The molecule has 3 aromatic rings. The monoisotopic (exact) mass is 603 g/mol. The molecular weight excluding hydrogens is 560 g/mol.